The van der Waals surface area contributed by atoms with Gasteiger partial charge in [-0.25, -0.2) is 0 Å². The summed E-state index contributed by atoms with van der Waals surface area (Å²) in [6.07, 6.45) is 0. The summed E-state index contributed by atoms with van der Waals surface area (Å²) < 4.78 is 5.90. The van der Waals surface area contributed by atoms with Crippen molar-refractivity contribution < 1.29 is 9.53 Å². The summed E-state index contributed by atoms with van der Waals surface area (Å²) >= 11 is 5.07. The second-order valence-electron chi connectivity index (χ2n) is 3.40. The molecule has 0 aliphatic heterocycles. The van der Waals surface area contributed by atoms with Crippen LogP contribution in [0, 0.1) is 0 Å². The van der Waals surface area contributed by atoms with E-state index in [1.54, 1.807) is 11.3 Å². The first kappa shape index (κ1) is 12.8. The molecule has 0 aliphatic carbocycles. The van der Waals surface area contributed by atoms with Crippen molar-refractivity contribution in [3.05, 3.63) is 20.8 Å². The summed E-state index contributed by atoms with van der Waals surface area (Å²) in [4.78, 5) is 13.3. The normalized spacial score (nSPS) is 10.9. The van der Waals surface area contributed by atoms with Gasteiger partial charge in [0.1, 0.15) is 6.61 Å². The molecule has 0 unspecified atom stereocenters. The van der Waals surface area contributed by atoms with Gasteiger partial charge in [0.25, 0.3) is 0 Å². The van der Waals surface area contributed by atoms with Crippen molar-refractivity contribution in [1.29, 1.82) is 0 Å². The van der Waals surface area contributed by atoms with Gasteiger partial charge >= 0.3 is 0 Å². The number of carbonyl (C=O) groups is 1. The Labute approximate surface area is 102 Å². The van der Waals surface area contributed by atoms with Gasteiger partial charge in [-0.05, 0) is 40.0 Å². The van der Waals surface area contributed by atoms with Crippen LogP contribution in [0.25, 0.3) is 0 Å². The summed E-state index contributed by atoms with van der Waals surface area (Å²) in [5.41, 5.74) is 1.22. The fourth-order valence-electron chi connectivity index (χ4n) is 1.30. The maximum atomic E-state index is 11.3. The minimum absolute atomic E-state index is 0.106. The molecule has 3 nitrogen and oxygen atoms in total. The number of carbonyl (C=O) groups excluding carboxylic acids is 1. The monoisotopic (exact) mass is 291 g/mol. The minimum atomic E-state index is 0.106. The molecule has 0 aliphatic rings. The first-order valence-electron chi connectivity index (χ1n) is 4.54. The largest absolute Gasteiger partial charge is 0.377 e. The molecule has 0 radical (unpaired) electrons. The van der Waals surface area contributed by atoms with Gasteiger partial charge in [-0.3, -0.25) is 9.69 Å². The maximum absolute atomic E-state index is 11.3. The Kier molecular flexibility index (Phi) is 5.45. The van der Waals surface area contributed by atoms with E-state index in [9.17, 15) is 4.79 Å². The molecule has 0 N–H and O–H groups in total. The van der Waals surface area contributed by atoms with E-state index in [2.05, 4.69) is 27.4 Å². The van der Waals surface area contributed by atoms with Gasteiger partial charge in [0, 0.05) is 13.7 Å². The van der Waals surface area contributed by atoms with Crippen LogP contribution in [-0.2, 0) is 16.1 Å². The highest BCUT2D eigenvalue weighted by molar-refractivity contribution is 9.11. The topological polar surface area (TPSA) is 29.5 Å². The number of hydrogen-bond donors (Lipinski definition) is 0. The number of thiophene rings is 1. The minimum Gasteiger partial charge on any atom is -0.377 e. The third-order valence-electron chi connectivity index (χ3n) is 1.83. The first-order valence-corrected chi connectivity index (χ1v) is 6.21. The third kappa shape index (κ3) is 4.88. The van der Waals surface area contributed by atoms with E-state index >= 15 is 0 Å². The molecule has 0 fully saturated rings. The second-order valence-corrected chi connectivity index (χ2v) is 5.69. The fraction of sp³-hybridized carbons (Fsp3) is 0.500. The quantitative estimate of drug-likeness (QED) is 0.804. The molecule has 0 aromatic carbocycles. The predicted molar refractivity (Wildman–Crippen MR) is 65.2 cm³/mol. The van der Waals surface area contributed by atoms with Crippen LogP contribution in [0.3, 0.4) is 0 Å². The highest BCUT2D eigenvalue weighted by Gasteiger charge is 2.07. The molecule has 1 heterocycles. The second kappa shape index (κ2) is 6.37. The molecule has 0 saturated carbocycles. The van der Waals surface area contributed by atoms with Crippen LogP contribution >= 0.6 is 27.3 Å². The van der Waals surface area contributed by atoms with Gasteiger partial charge in [-0.2, -0.15) is 0 Å². The van der Waals surface area contributed by atoms with Crippen molar-refractivity contribution >= 4 is 33.0 Å². The van der Waals surface area contributed by atoms with Crippen LogP contribution in [0.2, 0.25) is 0 Å². The average molecular weight is 292 g/mol. The van der Waals surface area contributed by atoms with Gasteiger partial charge in [0.15, 0.2) is 5.78 Å². The SMILES string of the molecule is COCC(=O)CN(C)Cc1csc(Br)c1. The number of likely N-dealkylation sites (N-methyl/N-ethyl adjacent to an activating group) is 1. The molecular weight excluding hydrogens is 278 g/mol. The lowest BCUT2D eigenvalue weighted by Crippen LogP contribution is -2.27. The van der Waals surface area contributed by atoms with Crippen molar-refractivity contribution in [2.45, 2.75) is 6.54 Å². The van der Waals surface area contributed by atoms with Crippen LogP contribution < -0.4 is 0 Å². The van der Waals surface area contributed by atoms with Crippen LogP contribution in [0.4, 0.5) is 0 Å². The molecule has 5 heteroatoms. The summed E-state index contributed by atoms with van der Waals surface area (Å²) in [5, 5.41) is 2.08. The lowest BCUT2D eigenvalue weighted by molar-refractivity contribution is -0.123. The van der Waals surface area contributed by atoms with Crippen molar-refractivity contribution in [1.82, 2.24) is 4.90 Å². The number of rotatable bonds is 6. The summed E-state index contributed by atoms with van der Waals surface area (Å²) in [5.74, 6) is 0.106. The number of Topliss-reactive ketones (excluding diaryl/α,β-unsaturated/α-hetero) is 1. The molecule has 0 bridgehead atoms. The van der Waals surface area contributed by atoms with Crippen molar-refractivity contribution in [2.75, 3.05) is 27.3 Å². The van der Waals surface area contributed by atoms with E-state index in [-0.39, 0.29) is 12.4 Å². The third-order valence-corrected chi connectivity index (χ3v) is 3.38. The molecule has 1 aromatic rings. The Morgan fingerprint density at radius 3 is 2.93 bits per heavy atom. The van der Waals surface area contributed by atoms with Gasteiger partial charge in [0.2, 0.25) is 0 Å². The number of halogens is 1. The van der Waals surface area contributed by atoms with Crippen LogP contribution in [-0.4, -0.2) is 38.0 Å². The van der Waals surface area contributed by atoms with Crippen LogP contribution in [0.15, 0.2) is 15.2 Å². The number of ketones is 1. The highest BCUT2D eigenvalue weighted by atomic mass is 79.9. The average Bonchev–Trinajstić information content (AvgIpc) is 2.51. The molecule has 0 saturated heterocycles. The number of nitrogens with zero attached hydrogens (tertiary/aromatic N) is 1. The van der Waals surface area contributed by atoms with Crippen molar-refractivity contribution in [3.8, 4) is 0 Å². The molecule has 1 aromatic heterocycles. The first-order chi connectivity index (χ1) is 7.11. The zero-order chi connectivity index (χ0) is 11.3. The summed E-state index contributed by atoms with van der Waals surface area (Å²) in [6.45, 7) is 1.41. The lowest BCUT2D eigenvalue weighted by Gasteiger charge is -2.14. The van der Waals surface area contributed by atoms with E-state index in [1.807, 2.05) is 11.9 Å². The smallest absolute Gasteiger partial charge is 0.172 e. The van der Waals surface area contributed by atoms with Gasteiger partial charge in [-0.1, -0.05) is 0 Å². The van der Waals surface area contributed by atoms with Gasteiger partial charge in [0.05, 0.1) is 10.3 Å². The Balaban J connectivity index is 2.35. The predicted octanol–water partition coefficient (Wildman–Crippen LogP) is 2.16. The van der Waals surface area contributed by atoms with E-state index in [4.69, 9.17) is 4.74 Å². The Morgan fingerprint density at radius 2 is 2.40 bits per heavy atom. The number of methoxy groups -OCH3 is 1. The van der Waals surface area contributed by atoms with E-state index < -0.39 is 0 Å². The Morgan fingerprint density at radius 1 is 1.67 bits per heavy atom. The number of ether oxygens (including phenoxy) is 1. The summed E-state index contributed by atoms with van der Waals surface area (Å²) in [6, 6.07) is 2.07. The van der Waals surface area contributed by atoms with Gasteiger partial charge in [-0.15, -0.1) is 11.3 Å². The van der Waals surface area contributed by atoms with E-state index in [0.29, 0.717) is 6.54 Å². The van der Waals surface area contributed by atoms with Crippen molar-refractivity contribution in [2.24, 2.45) is 0 Å². The molecule has 0 atom stereocenters. The molecule has 84 valence electrons. The van der Waals surface area contributed by atoms with E-state index in [0.717, 1.165) is 10.3 Å². The lowest BCUT2D eigenvalue weighted by atomic mass is 10.3. The molecular formula is C10H14BrNO2S. The highest BCUT2D eigenvalue weighted by Crippen LogP contribution is 2.21. The zero-order valence-corrected chi connectivity index (χ0v) is 11.2. The Bertz CT molecular complexity index is 327. The zero-order valence-electron chi connectivity index (χ0n) is 8.83. The fourth-order valence-corrected chi connectivity index (χ4v) is 2.50. The standard InChI is InChI=1S/C10H14BrNO2S/c1-12(5-9(13)6-14-2)4-8-3-10(11)15-7-8/h3,7H,4-6H2,1-2H3. The summed E-state index contributed by atoms with van der Waals surface area (Å²) in [7, 11) is 3.47. The Hall–Kier alpha value is -0.230. The van der Waals surface area contributed by atoms with Crippen LogP contribution in [0.1, 0.15) is 5.56 Å². The van der Waals surface area contributed by atoms with Gasteiger partial charge < -0.3 is 4.74 Å². The number of hydrogen-bond acceptors (Lipinski definition) is 4. The van der Waals surface area contributed by atoms with Crippen LogP contribution in [0.5, 0.6) is 0 Å². The maximum Gasteiger partial charge on any atom is 0.172 e. The van der Waals surface area contributed by atoms with Crippen molar-refractivity contribution in [3.63, 3.8) is 0 Å². The molecule has 1 rings (SSSR count). The molecule has 15 heavy (non-hydrogen) atoms. The molecule has 0 amide bonds. The molecule has 0 spiro atoms. The van der Waals surface area contributed by atoms with E-state index in [1.165, 1.54) is 12.7 Å².